The second kappa shape index (κ2) is 6.99. The molecular weight excluding hydrogens is 282 g/mol. The number of carbonyl (C=O) groups excluding carboxylic acids is 1. The van der Waals surface area contributed by atoms with Crippen molar-refractivity contribution in [3.63, 3.8) is 0 Å². The Morgan fingerprint density at radius 1 is 1.36 bits per heavy atom. The maximum Gasteiger partial charge on any atom is 0.315 e. The standard InChI is InChI=1S/C14H19N7O/c22-14(15-8-13-17-19-20-18-13)16-12-6-7-21(10-12)9-11-4-2-1-3-5-11/h1-5,12H,6-10H2,(H2,15,16,22)(H,17,18,19,20)/t12-/m0/s1. The van der Waals surface area contributed by atoms with Crippen molar-refractivity contribution < 1.29 is 4.79 Å². The molecule has 1 saturated heterocycles. The van der Waals surface area contributed by atoms with Crippen LogP contribution < -0.4 is 10.6 Å². The van der Waals surface area contributed by atoms with E-state index < -0.39 is 0 Å². The van der Waals surface area contributed by atoms with Crippen molar-refractivity contribution in [2.45, 2.75) is 25.6 Å². The van der Waals surface area contributed by atoms with Gasteiger partial charge in [0.05, 0.1) is 6.54 Å². The fraction of sp³-hybridized carbons (Fsp3) is 0.429. The number of H-pyrrole nitrogens is 1. The molecule has 116 valence electrons. The number of hydrogen-bond acceptors (Lipinski definition) is 5. The van der Waals surface area contributed by atoms with E-state index in [9.17, 15) is 4.79 Å². The van der Waals surface area contributed by atoms with E-state index >= 15 is 0 Å². The van der Waals surface area contributed by atoms with Gasteiger partial charge in [-0.25, -0.2) is 4.79 Å². The Morgan fingerprint density at radius 2 is 2.23 bits per heavy atom. The zero-order valence-corrected chi connectivity index (χ0v) is 12.2. The topological polar surface area (TPSA) is 98.8 Å². The lowest BCUT2D eigenvalue weighted by Gasteiger charge is -2.16. The molecule has 1 atom stereocenters. The number of tetrazole rings is 1. The van der Waals surface area contributed by atoms with Gasteiger partial charge in [0.1, 0.15) is 0 Å². The summed E-state index contributed by atoms with van der Waals surface area (Å²) in [6.07, 6.45) is 0.961. The molecule has 0 spiro atoms. The molecule has 2 amide bonds. The first-order chi connectivity index (χ1) is 10.8. The SMILES string of the molecule is O=C(NCc1nn[nH]n1)N[C@H]1CCN(Cc2ccccc2)C1. The van der Waals surface area contributed by atoms with Gasteiger partial charge in [0.15, 0.2) is 5.82 Å². The summed E-state index contributed by atoms with van der Waals surface area (Å²) >= 11 is 0. The Bertz CT molecular complexity index is 587. The van der Waals surface area contributed by atoms with Gasteiger partial charge < -0.3 is 10.6 Å². The van der Waals surface area contributed by atoms with Crippen LogP contribution in [0.2, 0.25) is 0 Å². The van der Waals surface area contributed by atoms with Crippen molar-refractivity contribution in [2.24, 2.45) is 0 Å². The number of nitrogens with one attached hydrogen (secondary N) is 3. The molecule has 2 heterocycles. The van der Waals surface area contributed by atoms with Gasteiger partial charge in [-0.05, 0) is 12.0 Å². The summed E-state index contributed by atoms with van der Waals surface area (Å²) in [5.74, 6) is 0.465. The maximum absolute atomic E-state index is 11.8. The zero-order valence-electron chi connectivity index (χ0n) is 12.2. The van der Waals surface area contributed by atoms with Gasteiger partial charge in [-0.15, -0.1) is 10.2 Å². The second-order valence-corrected chi connectivity index (χ2v) is 5.36. The highest BCUT2D eigenvalue weighted by atomic mass is 16.2. The molecular formula is C14H19N7O. The van der Waals surface area contributed by atoms with Crippen molar-refractivity contribution >= 4 is 6.03 Å². The van der Waals surface area contributed by atoms with E-state index in [0.29, 0.717) is 5.82 Å². The molecule has 1 aromatic heterocycles. The molecule has 3 N–H and O–H groups in total. The predicted molar refractivity (Wildman–Crippen MR) is 79.7 cm³/mol. The number of aromatic nitrogens is 4. The minimum atomic E-state index is -0.198. The number of carbonyl (C=O) groups is 1. The molecule has 8 heteroatoms. The summed E-state index contributed by atoms with van der Waals surface area (Å²) in [7, 11) is 0. The van der Waals surface area contributed by atoms with Crippen molar-refractivity contribution in [1.29, 1.82) is 0 Å². The summed E-state index contributed by atoms with van der Waals surface area (Å²) in [5, 5.41) is 19.0. The number of nitrogens with zero attached hydrogens (tertiary/aromatic N) is 4. The van der Waals surface area contributed by atoms with Crippen LogP contribution in [0.15, 0.2) is 30.3 Å². The number of benzene rings is 1. The lowest BCUT2D eigenvalue weighted by atomic mass is 10.2. The third kappa shape index (κ3) is 4.01. The molecule has 0 bridgehead atoms. The minimum absolute atomic E-state index is 0.175. The van der Waals surface area contributed by atoms with Crippen LogP contribution in [0.3, 0.4) is 0 Å². The van der Waals surface area contributed by atoms with E-state index in [1.807, 2.05) is 18.2 Å². The molecule has 3 rings (SSSR count). The van der Waals surface area contributed by atoms with Gasteiger partial charge >= 0.3 is 6.03 Å². The normalized spacial score (nSPS) is 18.3. The highest BCUT2D eigenvalue weighted by molar-refractivity contribution is 5.74. The Balaban J connectivity index is 1.40. The number of amides is 2. The lowest BCUT2D eigenvalue weighted by molar-refractivity contribution is 0.235. The molecule has 1 aliphatic rings. The van der Waals surface area contributed by atoms with Gasteiger partial charge in [0.2, 0.25) is 0 Å². The number of hydrogen-bond donors (Lipinski definition) is 3. The molecule has 0 saturated carbocycles. The summed E-state index contributed by atoms with van der Waals surface area (Å²) in [6.45, 7) is 3.04. The Labute approximate surface area is 128 Å². The smallest absolute Gasteiger partial charge is 0.315 e. The highest BCUT2D eigenvalue weighted by Gasteiger charge is 2.23. The Kier molecular flexibility index (Phi) is 4.59. The quantitative estimate of drug-likeness (QED) is 0.736. The Morgan fingerprint density at radius 3 is 3.00 bits per heavy atom. The van der Waals surface area contributed by atoms with Crippen molar-refractivity contribution in [3.8, 4) is 0 Å². The number of aromatic amines is 1. The molecule has 0 aliphatic carbocycles. The zero-order chi connectivity index (χ0) is 15.2. The van der Waals surface area contributed by atoms with Crippen LogP contribution in [0.25, 0.3) is 0 Å². The van der Waals surface area contributed by atoms with Gasteiger partial charge in [0.25, 0.3) is 0 Å². The lowest BCUT2D eigenvalue weighted by Crippen LogP contribution is -2.43. The van der Waals surface area contributed by atoms with Crippen LogP contribution in [0, 0.1) is 0 Å². The molecule has 1 aliphatic heterocycles. The monoisotopic (exact) mass is 301 g/mol. The maximum atomic E-state index is 11.8. The highest BCUT2D eigenvalue weighted by Crippen LogP contribution is 2.13. The number of likely N-dealkylation sites (tertiary alicyclic amines) is 1. The number of rotatable bonds is 5. The molecule has 1 fully saturated rings. The molecule has 1 aromatic carbocycles. The predicted octanol–water partition coefficient (Wildman–Crippen LogP) is 0.273. The molecule has 8 nitrogen and oxygen atoms in total. The first-order valence-electron chi connectivity index (χ1n) is 7.32. The minimum Gasteiger partial charge on any atom is -0.334 e. The first-order valence-corrected chi connectivity index (χ1v) is 7.32. The largest absolute Gasteiger partial charge is 0.334 e. The van der Waals surface area contributed by atoms with Crippen LogP contribution in [-0.4, -0.2) is 50.7 Å². The van der Waals surface area contributed by atoms with Gasteiger partial charge in [-0.1, -0.05) is 35.5 Å². The van der Waals surface area contributed by atoms with Gasteiger partial charge in [-0.3, -0.25) is 4.90 Å². The van der Waals surface area contributed by atoms with Crippen LogP contribution in [0.1, 0.15) is 17.8 Å². The van der Waals surface area contributed by atoms with Crippen molar-refractivity contribution in [1.82, 2.24) is 36.2 Å². The van der Waals surface area contributed by atoms with Crippen LogP contribution >= 0.6 is 0 Å². The number of urea groups is 1. The fourth-order valence-corrected chi connectivity index (χ4v) is 2.59. The van der Waals surface area contributed by atoms with E-state index in [-0.39, 0.29) is 18.6 Å². The van der Waals surface area contributed by atoms with E-state index in [4.69, 9.17) is 0 Å². The van der Waals surface area contributed by atoms with E-state index in [1.54, 1.807) is 0 Å². The average molecular weight is 301 g/mol. The fourth-order valence-electron chi connectivity index (χ4n) is 2.59. The molecule has 0 unspecified atom stereocenters. The average Bonchev–Trinajstić information content (AvgIpc) is 3.18. The van der Waals surface area contributed by atoms with E-state index in [2.05, 4.69) is 48.3 Å². The van der Waals surface area contributed by atoms with E-state index in [1.165, 1.54) is 5.56 Å². The summed E-state index contributed by atoms with van der Waals surface area (Å²) < 4.78 is 0. The first kappa shape index (κ1) is 14.5. The summed E-state index contributed by atoms with van der Waals surface area (Å²) in [5.41, 5.74) is 1.30. The van der Waals surface area contributed by atoms with Crippen molar-refractivity contribution in [3.05, 3.63) is 41.7 Å². The van der Waals surface area contributed by atoms with Crippen molar-refractivity contribution in [2.75, 3.05) is 13.1 Å². The third-order valence-corrected chi connectivity index (χ3v) is 3.65. The molecule has 2 aromatic rings. The van der Waals surface area contributed by atoms with Crippen LogP contribution in [0.4, 0.5) is 4.79 Å². The van der Waals surface area contributed by atoms with Crippen LogP contribution in [0.5, 0.6) is 0 Å². The Hall–Kier alpha value is -2.48. The third-order valence-electron chi connectivity index (χ3n) is 3.65. The summed E-state index contributed by atoms with van der Waals surface area (Å²) in [6, 6.07) is 10.3. The van der Waals surface area contributed by atoms with Gasteiger partial charge in [-0.2, -0.15) is 5.21 Å². The molecule has 0 radical (unpaired) electrons. The second-order valence-electron chi connectivity index (χ2n) is 5.36. The summed E-state index contributed by atoms with van der Waals surface area (Å²) in [4.78, 5) is 14.2. The molecule has 22 heavy (non-hydrogen) atoms. The van der Waals surface area contributed by atoms with Crippen LogP contribution in [-0.2, 0) is 13.1 Å². The van der Waals surface area contributed by atoms with Gasteiger partial charge in [0, 0.05) is 25.7 Å². The van der Waals surface area contributed by atoms with E-state index in [0.717, 1.165) is 26.1 Å².